The van der Waals surface area contributed by atoms with Crippen LogP contribution in [0, 0.1) is 5.92 Å². The summed E-state index contributed by atoms with van der Waals surface area (Å²) in [4.78, 5) is 34.3. The third-order valence-corrected chi connectivity index (χ3v) is 3.81. The molecule has 2 rings (SSSR count). The van der Waals surface area contributed by atoms with Gasteiger partial charge in [0.05, 0.1) is 0 Å². The Hall–Kier alpha value is -2.37. The van der Waals surface area contributed by atoms with E-state index in [0.717, 1.165) is 5.56 Å². The van der Waals surface area contributed by atoms with Crippen molar-refractivity contribution >= 4 is 17.8 Å². The smallest absolute Gasteiger partial charge is 0.408 e. The Morgan fingerprint density at radius 1 is 1.23 bits per heavy atom. The number of ether oxygens (including phenoxy) is 1. The number of Topliss-reactive ketones (excluding diaryl/α,β-unsaturated/α-hetero) is 1. The number of carboxylic acids is 1. The lowest BCUT2D eigenvalue weighted by Crippen LogP contribution is -2.47. The fourth-order valence-electron chi connectivity index (χ4n) is 2.57. The molecule has 0 heterocycles. The van der Waals surface area contributed by atoms with E-state index in [1.165, 1.54) is 0 Å². The molecular formula is C16H19NO5. The summed E-state index contributed by atoms with van der Waals surface area (Å²) in [6.45, 7) is 0.0855. The SMILES string of the molecule is O=C1CCC(C(NC(=O)OCc2ccccc2)C(=O)O)CC1. The molecule has 1 fully saturated rings. The lowest BCUT2D eigenvalue weighted by Gasteiger charge is -2.27. The van der Waals surface area contributed by atoms with Gasteiger partial charge >= 0.3 is 12.1 Å². The second-order valence-electron chi connectivity index (χ2n) is 5.40. The third kappa shape index (κ3) is 4.58. The van der Waals surface area contributed by atoms with E-state index in [1.807, 2.05) is 30.3 Å². The maximum absolute atomic E-state index is 11.8. The molecule has 1 unspecified atom stereocenters. The van der Waals surface area contributed by atoms with Crippen molar-refractivity contribution in [3.63, 3.8) is 0 Å². The van der Waals surface area contributed by atoms with E-state index in [-0.39, 0.29) is 18.3 Å². The van der Waals surface area contributed by atoms with Gasteiger partial charge in [0, 0.05) is 12.8 Å². The topological polar surface area (TPSA) is 92.7 Å². The summed E-state index contributed by atoms with van der Waals surface area (Å²) in [5.74, 6) is -1.19. The predicted molar refractivity (Wildman–Crippen MR) is 78.2 cm³/mol. The first-order chi connectivity index (χ1) is 10.6. The molecular weight excluding hydrogens is 286 g/mol. The van der Waals surface area contributed by atoms with Crippen LogP contribution in [0.15, 0.2) is 30.3 Å². The molecule has 0 aromatic heterocycles. The number of hydrogen-bond acceptors (Lipinski definition) is 4. The summed E-state index contributed by atoms with van der Waals surface area (Å²) in [5.41, 5.74) is 0.827. The maximum atomic E-state index is 11.8. The average Bonchev–Trinajstić information content (AvgIpc) is 2.52. The third-order valence-electron chi connectivity index (χ3n) is 3.81. The molecule has 0 aliphatic heterocycles. The monoisotopic (exact) mass is 305 g/mol. The fraction of sp³-hybridized carbons (Fsp3) is 0.438. The van der Waals surface area contributed by atoms with Gasteiger partial charge in [-0.2, -0.15) is 0 Å². The number of nitrogens with one attached hydrogen (secondary N) is 1. The van der Waals surface area contributed by atoms with E-state index in [2.05, 4.69) is 5.32 Å². The van der Waals surface area contributed by atoms with Crippen molar-refractivity contribution in [2.75, 3.05) is 0 Å². The number of hydrogen-bond donors (Lipinski definition) is 2. The van der Waals surface area contributed by atoms with E-state index in [1.54, 1.807) is 0 Å². The van der Waals surface area contributed by atoms with Crippen LogP contribution in [0.25, 0.3) is 0 Å². The van der Waals surface area contributed by atoms with Crippen LogP contribution in [0.3, 0.4) is 0 Å². The summed E-state index contributed by atoms with van der Waals surface area (Å²) >= 11 is 0. The van der Waals surface area contributed by atoms with Gasteiger partial charge in [0.1, 0.15) is 18.4 Å². The molecule has 6 nitrogen and oxygen atoms in total. The zero-order chi connectivity index (χ0) is 15.9. The van der Waals surface area contributed by atoms with Crippen LogP contribution < -0.4 is 5.32 Å². The second-order valence-corrected chi connectivity index (χ2v) is 5.40. The van der Waals surface area contributed by atoms with E-state index >= 15 is 0 Å². The molecule has 1 aromatic rings. The van der Waals surface area contributed by atoms with Gasteiger partial charge in [-0.3, -0.25) is 4.79 Å². The van der Waals surface area contributed by atoms with E-state index in [0.29, 0.717) is 25.7 Å². The predicted octanol–water partition coefficient (Wildman–Crippen LogP) is 2.13. The normalized spacial score (nSPS) is 16.8. The van der Waals surface area contributed by atoms with Crippen LogP contribution >= 0.6 is 0 Å². The highest BCUT2D eigenvalue weighted by Crippen LogP contribution is 2.25. The first-order valence-corrected chi connectivity index (χ1v) is 7.28. The van der Waals surface area contributed by atoms with Gasteiger partial charge in [0.25, 0.3) is 0 Å². The molecule has 1 amide bonds. The summed E-state index contributed by atoms with van der Waals surface area (Å²) in [6, 6.07) is 8.12. The molecule has 1 saturated carbocycles. The summed E-state index contributed by atoms with van der Waals surface area (Å²) < 4.78 is 5.04. The minimum Gasteiger partial charge on any atom is -0.480 e. The number of rotatable bonds is 5. The fourth-order valence-corrected chi connectivity index (χ4v) is 2.57. The molecule has 2 N–H and O–H groups in total. The number of aliphatic carboxylic acids is 1. The molecule has 1 aliphatic rings. The number of carboxylic acid groups (broad SMARTS) is 1. The van der Waals surface area contributed by atoms with Crippen LogP contribution in [0.2, 0.25) is 0 Å². The van der Waals surface area contributed by atoms with E-state index in [9.17, 15) is 19.5 Å². The standard InChI is InChI=1S/C16H19NO5/c18-13-8-6-12(7-9-13)14(15(19)20)17-16(21)22-10-11-4-2-1-3-5-11/h1-5,12,14H,6-10H2,(H,17,21)(H,19,20). The van der Waals surface area contributed by atoms with Gasteiger partial charge in [0.2, 0.25) is 0 Å². The molecule has 0 radical (unpaired) electrons. The number of carbonyl (C=O) groups excluding carboxylic acids is 2. The van der Waals surface area contributed by atoms with Crippen LogP contribution in [0.5, 0.6) is 0 Å². The highest BCUT2D eigenvalue weighted by Gasteiger charge is 2.32. The lowest BCUT2D eigenvalue weighted by atomic mass is 9.83. The molecule has 1 aromatic carbocycles. The molecule has 0 spiro atoms. The van der Waals surface area contributed by atoms with E-state index in [4.69, 9.17) is 4.74 Å². The van der Waals surface area contributed by atoms with Gasteiger partial charge in [-0.25, -0.2) is 9.59 Å². The molecule has 0 saturated heterocycles. The number of benzene rings is 1. The number of amides is 1. The van der Waals surface area contributed by atoms with Crippen molar-refractivity contribution in [3.8, 4) is 0 Å². The Morgan fingerprint density at radius 2 is 1.86 bits per heavy atom. The van der Waals surface area contributed by atoms with Gasteiger partial charge in [-0.05, 0) is 24.3 Å². The van der Waals surface area contributed by atoms with Crippen molar-refractivity contribution in [3.05, 3.63) is 35.9 Å². The Kier molecular flexibility index (Phi) is 5.52. The Morgan fingerprint density at radius 3 is 2.45 bits per heavy atom. The highest BCUT2D eigenvalue weighted by atomic mass is 16.5. The van der Waals surface area contributed by atoms with Crippen LogP contribution in [0.1, 0.15) is 31.2 Å². The number of carbonyl (C=O) groups is 3. The van der Waals surface area contributed by atoms with Gasteiger partial charge in [0.15, 0.2) is 0 Å². The Balaban J connectivity index is 1.86. The summed E-state index contributed by atoms with van der Waals surface area (Å²) in [6.07, 6.45) is 0.946. The first-order valence-electron chi connectivity index (χ1n) is 7.28. The van der Waals surface area contributed by atoms with Crippen molar-refractivity contribution in [1.29, 1.82) is 0 Å². The van der Waals surface area contributed by atoms with Crippen molar-refractivity contribution in [1.82, 2.24) is 5.32 Å². The minimum atomic E-state index is -1.10. The van der Waals surface area contributed by atoms with Gasteiger partial charge in [-0.1, -0.05) is 30.3 Å². The summed E-state index contributed by atoms with van der Waals surface area (Å²) in [5, 5.41) is 11.7. The van der Waals surface area contributed by atoms with Crippen LogP contribution in [0.4, 0.5) is 4.79 Å². The Bertz CT molecular complexity index is 533. The lowest BCUT2D eigenvalue weighted by molar-refractivity contribution is -0.141. The summed E-state index contributed by atoms with van der Waals surface area (Å²) in [7, 11) is 0. The highest BCUT2D eigenvalue weighted by molar-refractivity contribution is 5.82. The van der Waals surface area contributed by atoms with Crippen LogP contribution in [-0.2, 0) is 20.9 Å². The zero-order valence-electron chi connectivity index (χ0n) is 12.2. The molecule has 1 atom stereocenters. The molecule has 0 bridgehead atoms. The molecule has 118 valence electrons. The van der Waals surface area contributed by atoms with Crippen molar-refractivity contribution < 1.29 is 24.2 Å². The number of ketones is 1. The molecule has 1 aliphatic carbocycles. The maximum Gasteiger partial charge on any atom is 0.408 e. The quantitative estimate of drug-likeness (QED) is 0.869. The zero-order valence-corrected chi connectivity index (χ0v) is 12.2. The van der Waals surface area contributed by atoms with Gasteiger partial charge < -0.3 is 15.2 Å². The van der Waals surface area contributed by atoms with Crippen molar-refractivity contribution in [2.45, 2.75) is 38.3 Å². The minimum absolute atomic E-state index is 0.0855. The van der Waals surface area contributed by atoms with Crippen LogP contribution in [-0.4, -0.2) is 29.0 Å². The van der Waals surface area contributed by atoms with Crippen molar-refractivity contribution in [2.24, 2.45) is 5.92 Å². The van der Waals surface area contributed by atoms with E-state index < -0.39 is 18.1 Å². The number of alkyl carbamates (subject to hydrolysis) is 1. The Labute approximate surface area is 128 Å². The van der Waals surface area contributed by atoms with Gasteiger partial charge in [-0.15, -0.1) is 0 Å². The average molecular weight is 305 g/mol. The first kappa shape index (κ1) is 16.0. The second kappa shape index (κ2) is 7.59. The molecule has 22 heavy (non-hydrogen) atoms. The molecule has 6 heteroatoms. The largest absolute Gasteiger partial charge is 0.480 e.